The molecule has 3 nitrogen and oxygen atoms in total. The number of aryl methyl sites for hydroxylation is 1. The molecule has 92 valence electrons. The zero-order valence-electron chi connectivity index (χ0n) is 10.2. The number of rotatable bonds is 6. The Labute approximate surface area is 102 Å². The monoisotopic (exact) mass is 233 g/mol. The summed E-state index contributed by atoms with van der Waals surface area (Å²) in [4.78, 5) is 11.3. The summed E-state index contributed by atoms with van der Waals surface area (Å²) in [6.07, 6.45) is 3.13. The lowest BCUT2D eigenvalue weighted by atomic mass is 10.2. The van der Waals surface area contributed by atoms with Crippen LogP contribution in [0, 0.1) is 5.92 Å². The average molecular weight is 233 g/mol. The van der Waals surface area contributed by atoms with Crippen LogP contribution < -0.4 is 10.1 Å². The van der Waals surface area contributed by atoms with E-state index in [1.807, 2.05) is 12.1 Å². The van der Waals surface area contributed by atoms with E-state index in [4.69, 9.17) is 4.74 Å². The Morgan fingerprint density at radius 3 is 2.65 bits per heavy atom. The third-order valence-corrected chi connectivity index (χ3v) is 2.95. The predicted molar refractivity (Wildman–Crippen MR) is 67.0 cm³/mol. The molecule has 1 aromatic rings. The molecule has 1 fully saturated rings. The van der Waals surface area contributed by atoms with E-state index in [2.05, 4.69) is 24.4 Å². The fraction of sp³-hybridized carbons (Fsp3) is 0.500. The summed E-state index contributed by atoms with van der Waals surface area (Å²) in [7, 11) is 0. The highest BCUT2D eigenvalue weighted by Crippen LogP contribution is 2.28. The van der Waals surface area contributed by atoms with Gasteiger partial charge in [0.1, 0.15) is 12.4 Å². The topological polar surface area (TPSA) is 38.3 Å². The van der Waals surface area contributed by atoms with Crippen molar-refractivity contribution in [3.63, 3.8) is 0 Å². The molecule has 1 aliphatic rings. The molecule has 0 unspecified atom stereocenters. The number of benzene rings is 1. The van der Waals surface area contributed by atoms with Gasteiger partial charge >= 0.3 is 0 Å². The van der Waals surface area contributed by atoms with Gasteiger partial charge in [0.05, 0.1) is 6.54 Å². The maximum Gasteiger partial charge on any atom is 0.223 e. The van der Waals surface area contributed by atoms with Crippen molar-refractivity contribution in [2.75, 3.05) is 13.2 Å². The minimum absolute atomic E-state index is 0.176. The smallest absolute Gasteiger partial charge is 0.223 e. The quantitative estimate of drug-likeness (QED) is 0.765. The van der Waals surface area contributed by atoms with Gasteiger partial charge in [-0.3, -0.25) is 4.79 Å². The summed E-state index contributed by atoms with van der Waals surface area (Å²) in [6, 6.07) is 8.08. The van der Waals surface area contributed by atoms with E-state index >= 15 is 0 Å². The second-order valence-corrected chi connectivity index (χ2v) is 4.41. The normalized spacial score (nSPS) is 14.4. The van der Waals surface area contributed by atoms with Gasteiger partial charge in [-0.25, -0.2) is 0 Å². The minimum atomic E-state index is 0.176. The van der Waals surface area contributed by atoms with E-state index in [0.29, 0.717) is 13.2 Å². The third-order valence-electron chi connectivity index (χ3n) is 2.95. The molecule has 17 heavy (non-hydrogen) atoms. The first kappa shape index (κ1) is 12.0. The molecule has 1 amide bonds. The minimum Gasteiger partial charge on any atom is -0.492 e. The molecule has 1 saturated carbocycles. The van der Waals surface area contributed by atoms with Crippen LogP contribution in [0.4, 0.5) is 0 Å². The van der Waals surface area contributed by atoms with Crippen LogP contribution in [0.1, 0.15) is 25.3 Å². The van der Waals surface area contributed by atoms with E-state index in [1.54, 1.807) is 0 Å². The van der Waals surface area contributed by atoms with Crippen LogP contribution in [0.2, 0.25) is 0 Å². The van der Waals surface area contributed by atoms with Crippen LogP contribution >= 0.6 is 0 Å². The summed E-state index contributed by atoms with van der Waals surface area (Å²) in [6.45, 7) is 3.25. The highest BCUT2D eigenvalue weighted by Gasteiger charge is 2.28. The van der Waals surface area contributed by atoms with Crippen LogP contribution in [0.25, 0.3) is 0 Å². The summed E-state index contributed by atoms with van der Waals surface area (Å²) >= 11 is 0. The molecule has 0 radical (unpaired) electrons. The molecule has 0 heterocycles. The number of amides is 1. The summed E-state index contributed by atoms with van der Waals surface area (Å²) < 4.78 is 5.54. The second-order valence-electron chi connectivity index (χ2n) is 4.41. The Morgan fingerprint density at radius 1 is 1.35 bits per heavy atom. The van der Waals surface area contributed by atoms with Gasteiger partial charge in [0.25, 0.3) is 0 Å². The van der Waals surface area contributed by atoms with Crippen LogP contribution in [0.3, 0.4) is 0 Å². The number of ether oxygens (including phenoxy) is 1. The average Bonchev–Trinajstić information content (AvgIpc) is 3.19. The molecule has 1 N–H and O–H groups in total. The van der Waals surface area contributed by atoms with Crippen molar-refractivity contribution in [3.8, 4) is 5.75 Å². The number of carbonyl (C=O) groups excluding carboxylic acids is 1. The van der Waals surface area contributed by atoms with Crippen molar-refractivity contribution in [1.29, 1.82) is 0 Å². The Morgan fingerprint density at radius 2 is 2.06 bits per heavy atom. The van der Waals surface area contributed by atoms with Crippen LogP contribution in [-0.2, 0) is 11.2 Å². The molecule has 1 aliphatic carbocycles. The molecule has 0 aliphatic heterocycles. The molecule has 2 rings (SSSR count). The SMILES string of the molecule is CCc1ccc(OCCNC(=O)C2CC2)cc1. The van der Waals surface area contributed by atoms with Crippen molar-refractivity contribution in [2.45, 2.75) is 26.2 Å². The molecule has 0 atom stereocenters. The molecular formula is C14H19NO2. The first-order valence-corrected chi connectivity index (χ1v) is 6.29. The lowest BCUT2D eigenvalue weighted by molar-refractivity contribution is -0.122. The number of hydrogen-bond donors (Lipinski definition) is 1. The van der Waals surface area contributed by atoms with Crippen molar-refractivity contribution in [2.24, 2.45) is 5.92 Å². The van der Waals surface area contributed by atoms with E-state index in [9.17, 15) is 4.79 Å². The molecule has 0 spiro atoms. The molecule has 3 heteroatoms. The van der Waals surface area contributed by atoms with E-state index < -0.39 is 0 Å². The van der Waals surface area contributed by atoms with Gasteiger partial charge < -0.3 is 10.1 Å². The lowest BCUT2D eigenvalue weighted by Gasteiger charge is -2.07. The lowest BCUT2D eigenvalue weighted by Crippen LogP contribution is -2.29. The maximum atomic E-state index is 11.3. The Bertz CT molecular complexity index is 368. The van der Waals surface area contributed by atoms with E-state index in [1.165, 1.54) is 5.56 Å². The predicted octanol–water partition coefficient (Wildman–Crippen LogP) is 2.15. The zero-order chi connectivity index (χ0) is 12.1. The molecule has 1 aromatic carbocycles. The summed E-state index contributed by atoms with van der Waals surface area (Å²) in [5, 5.41) is 2.87. The second kappa shape index (κ2) is 5.71. The van der Waals surface area contributed by atoms with Gasteiger partial charge in [-0.1, -0.05) is 19.1 Å². The molecule has 0 bridgehead atoms. The van der Waals surface area contributed by atoms with Crippen LogP contribution in [0.5, 0.6) is 5.75 Å². The van der Waals surface area contributed by atoms with Crippen LogP contribution in [-0.4, -0.2) is 19.1 Å². The highest BCUT2D eigenvalue weighted by atomic mass is 16.5. The van der Waals surface area contributed by atoms with Gasteiger partial charge in [0.2, 0.25) is 5.91 Å². The van der Waals surface area contributed by atoms with Crippen molar-refractivity contribution in [1.82, 2.24) is 5.32 Å². The highest BCUT2D eigenvalue weighted by molar-refractivity contribution is 5.80. The fourth-order valence-corrected chi connectivity index (χ4v) is 1.65. The van der Waals surface area contributed by atoms with Gasteiger partial charge in [0, 0.05) is 5.92 Å². The van der Waals surface area contributed by atoms with Gasteiger partial charge in [-0.15, -0.1) is 0 Å². The third kappa shape index (κ3) is 3.77. The van der Waals surface area contributed by atoms with E-state index in [0.717, 1.165) is 25.0 Å². The van der Waals surface area contributed by atoms with Gasteiger partial charge in [-0.05, 0) is 37.0 Å². The number of hydrogen-bond acceptors (Lipinski definition) is 2. The first-order valence-electron chi connectivity index (χ1n) is 6.29. The van der Waals surface area contributed by atoms with Crippen LogP contribution in [0.15, 0.2) is 24.3 Å². The molecule has 0 aromatic heterocycles. The van der Waals surface area contributed by atoms with E-state index in [-0.39, 0.29) is 11.8 Å². The Kier molecular flexibility index (Phi) is 4.02. The summed E-state index contributed by atoms with van der Waals surface area (Å²) in [5.41, 5.74) is 1.30. The summed E-state index contributed by atoms with van der Waals surface area (Å²) in [5.74, 6) is 1.32. The Hall–Kier alpha value is -1.51. The van der Waals surface area contributed by atoms with Gasteiger partial charge in [-0.2, -0.15) is 0 Å². The van der Waals surface area contributed by atoms with Gasteiger partial charge in [0.15, 0.2) is 0 Å². The molecular weight excluding hydrogens is 214 g/mol. The molecule has 0 saturated heterocycles. The first-order chi connectivity index (χ1) is 8.29. The standard InChI is InChI=1S/C14H19NO2/c1-2-11-3-7-13(8-4-11)17-10-9-15-14(16)12-5-6-12/h3-4,7-8,12H,2,5-6,9-10H2,1H3,(H,15,16). The zero-order valence-corrected chi connectivity index (χ0v) is 10.2. The fourth-order valence-electron chi connectivity index (χ4n) is 1.65. The number of nitrogens with one attached hydrogen (secondary N) is 1. The Balaban J connectivity index is 1.65. The van der Waals surface area contributed by atoms with Crippen molar-refractivity contribution in [3.05, 3.63) is 29.8 Å². The van der Waals surface area contributed by atoms with Crippen molar-refractivity contribution < 1.29 is 9.53 Å². The largest absolute Gasteiger partial charge is 0.492 e. The number of carbonyl (C=O) groups is 1. The maximum absolute atomic E-state index is 11.3. The van der Waals surface area contributed by atoms with Crippen molar-refractivity contribution >= 4 is 5.91 Å².